The number of esters is 1. The third-order valence-corrected chi connectivity index (χ3v) is 7.95. The average molecular weight is 549 g/mol. The van der Waals surface area contributed by atoms with Crippen molar-refractivity contribution >= 4 is 11.9 Å². The first-order valence-corrected chi connectivity index (χ1v) is 13.8. The van der Waals surface area contributed by atoms with Gasteiger partial charge in [-0.15, -0.1) is 0 Å². The summed E-state index contributed by atoms with van der Waals surface area (Å²) in [6.45, 7) is 6.60. The van der Waals surface area contributed by atoms with E-state index in [-0.39, 0.29) is 17.9 Å². The summed E-state index contributed by atoms with van der Waals surface area (Å²) < 4.78 is 11.2. The molecule has 6 nitrogen and oxygen atoms in total. The Labute approximate surface area is 242 Å². The summed E-state index contributed by atoms with van der Waals surface area (Å²) in [5.74, 6) is -0.0311. The van der Waals surface area contributed by atoms with Gasteiger partial charge in [0.1, 0.15) is 11.3 Å². The van der Waals surface area contributed by atoms with Gasteiger partial charge in [-0.3, -0.25) is 9.78 Å². The number of benzene rings is 3. The van der Waals surface area contributed by atoms with Crippen molar-refractivity contribution in [3.05, 3.63) is 119 Å². The van der Waals surface area contributed by atoms with Crippen LogP contribution in [0.2, 0.25) is 0 Å². The SMILES string of the molecule is COC(=O)C1(Cc2ccccc2)Cc2cc(-c3ccncc3)ccc2CN1C(=O)c1ccc(C(C)(C)C)c(OC)c1. The van der Waals surface area contributed by atoms with Crippen molar-refractivity contribution in [3.63, 3.8) is 0 Å². The number of rotatable bonds is 6. The summed E-state index contributed by atoms with van der Waals surface area (Å²) >= 11 is 0. The molecule has 0 fully saturated rings. The van der Waals surface area contributed by atoms with Gasteiger partial charge in [-0.1, -0.05) is 75.4 Å². The lowest BCUT2D eigenvalue weighted by molar-refractivity contribution is -0.154. The van der Waals surface area contributed by atoms with Crippen molar-refractivity contribution in [3.8, 4) is 16.9 Å². The molecule has 0 aliphatic carbocycles. The third-order valence-electron chi connectivity index (χ3n) is 7.95. The van der Waals surface area contributed by atoms with Crippen LogP contribution in [0.15, 0.2) is 91.3 Å². The Balaban J connectivity index is 1.64. The van der Waals surface area contributed by atoms with Crippen LogP contribution in [0, 0.1) is 0 Å². The van der Waals surface area contributed by atoms with E-state index in [2.05, 4.69) is 44.0 Å². The van der Waals surface area contributed by atoms with Gasteiger partial charge in [0.2, 0.25) is 0 Å². The molecule has 1 aromatic heterocycles. The van der Waals surface area contributed by atoms with Crippen LogP contribution in [0.4, 0.5) is 0 Å². The second kappa shape index (κ2) is 11.2. The van der Waals surface area contributed by atoms with Crippen LogP contribution in [-0.4, -0.2) is 41.5 Å². The van der Waals surface area contributed by atoms with Crippen molar-refractivity contribution in [2.24, 2.45) is 0 Å². The van der Waals surface area contributed by atoms with Gasteiger partial charge in [-0.05, 0) is 63.1 Å². The van der Waals surface area contributed by atoms with Crippen molar-refractivity contribution in [2.45, 2.75) is 51.1 Å². The van der Waals surface area contributed by atoms with Gasteiger partial charge in [0.15, 0.2) is 0 Å². The Morgan fingerprint density at radius 3 is 2.27 bits per heavy atom. The maximum atomic E-state index is 14.4. The van der Waals surface area contributed by atoms with Gasteiger partial charge in [0.05, 0.1) is 14.2 Å². The summed E-state index contributed by atoms with van der Waals surface area (Å²) in [5.41, 5.74) is 5.11. The number of fused-ring (bicyclic) bond motifs is 1. The fourth-order valence-corrected chi connectivity index (χ4v) is 5.80. The maximum absolute atomic E-state index is 14.4. The molecule has 210 valence electrons. The van der Waals surface area contributed by atoms with Crippen LogP contribution >= 0.6 is 0 Å². The van der Waals surface area contributed by atoms with Crippen LogP contribution < -0.4 is 4.74 Å². The monoisotopic (exact) mass is 548 g/mol. The van der Waals surface area contributed by atoms with Gasteiger partial charge < -0.3 is 14.4 Å². The summed E-state index contributed by atoms with van der Waals surface area (Å²) in [6.07, 6.45) is 4.18. The predicted octanol–water partition coefficient (Wildman–Crippen LogP) is 6.41. The molecule has 0 bridgehead atoms. The van der Waals surface area contributed by atoms with Crippen molar-refractivity contribution in [2.75, 3.05) is 14.2 Å². The van der Waals surface area contributed by atoms with E-state index in [4.69, 9.17) is 9.47 Å². The highest BCUT2D eigenvalue weighted by Gasteiger charge is 2.50. The molecule has 3 aromatic carbocycles. The highest BCUT2D eigenvalue weighted by Crippen LogP contribution is 2.39. The second-order valence-corrected chi connectivity index (χ2v) is 11.6. The minimum Gasteiger partial charge on any atom is -0.496 e. The highest BCUT2D eigenvalue weighted by molar-refractivity contribution is 5.99. The average Bonchev–Trinajstić information content (AvgIpc) is 2.99. The lowest BCUT2D eigenvalue weighted by atomic mass is 9.77. The molecular formula is C35H36N2O4. The van der Waals surface area contributed by atoms with E-state index < -0.39 is 11.5 Å². The summed E-state index contributed by atoms with van der Waals surface area (Å²) in [4.78, 5) is 34.1. The Morgan fingerprint density at radius 1 is 0.878 bits per heavy atom. The van der Waals surface area contributed by atoms with Crippen LogP contribution in [0.25, 0.3) is 11.1 Å². The minimum absolute atomic E-state index is 0.160. The first-order valence-electron chi connectivity index (χ1n) is 13.8. The Hall–Kier alpha value is -4.45. The summed E-state index contributed by atoms with van der Waals surface area (Å²) in [6, 6.07) is 25.5. The second-order valence-electron chi connectivity index (χ2n) is 11.6. The number of carbonyl (C=O) groups excluding carboxylic acids is 2. The molecule has 0 radical (unpaired) electrons. The highest BCUT2D eigenvalue weighted by atomic mass is 16.5. The first kappa shape index (κ1) is 28.1. The summed E-state index contributed by atoms with van der Waals surface area (Å²) in [7, 11) is 3.01. The fraction of sp³-hybridized carbons (Fsp3) is 0.286. The number of amides is 1. The van der Waals surface area contributed by atoms with Gasteiger partial charge in [0.25, 0.3) is 5.91 Å². The van der Waals surface area contributed by atoms with Crippen molar-refractivity contribution < 1.29 is 19.1 Å². The van der Waals surface area contributed by atoms with E-state index in [1.807, 2.05) is 54.6 Å². The smallest absolute Gasteiger partial charge is 0.332 e. The lowest BCUT2D eigenvalue weighted by Crippen LogP contribution is -2.62. The molecule has 0 saturated carbocycles. The molecule has 0 saturated heterocycles. The fourth-order valence-electron chi connectivity index (χ4n) is 5.80. The number of ether oxygens (including phenoxy) is 2. The van der Waals surface area contributed by atoms with Gasteiger partial charge in [-0.25, -0.2) is 4.79 Å². The quantitative estimate of drug-likeness (QED) is 0.261. The number of aromatic nitrogens is 1. The Morgan fingerprint density at radius 2 is 1.61 bits per heavy atom. The standard InChI is InChI=1S/C35H36N2O4/c1-34(2,3)30-14-13-27(20-31(30)40-4)32(38)37-23-28-12-11-26(25-15-17-36-18-16-25)19-29(28)22-35(37,33(39)41-5)21-24-9-7-6-8-10-24/h6-20H,21-23H2,1-5H3. The Bertz CT molecular complexity index is 1560. The van der Waals surface area contributed by atoms with Crippen molar-refractivity contribution in [1.82, 2.24) is 9.88 Å². The molecule has 4 aromatic rings. The molecule has 0 spiro atoms. The zero-order chi connectivity index (χ0) is 29.2. The molecule has 2 heterocycles. The largest absolute Gasteiger partial charge is 0.496 e. The van der Waals surface area contributed by atoms with E-state index in [1.54, 1.807) is 30.5 Å². The number of hydrogen-bond acceptors (Lipinski definition) is 5. The Kier molecular flexibility index (Phi) is 7.68. The minimum atomic E-state index is -1.24. The van der Waals surface area contributed by atoms with E-state index in [0.717, 1.165) is 33.4 Å². The third kappa shape index (κ3) is 5.47. The van der Waals surface area contributed by atoms with E-state index >= 15 is 0 Å². The molecule has 1 aliphatic heterocycles. The molecule has 1 unspecified atom stereocenters. The molecule has 1 aliphatic rings. The number of nitrogens with zero attached hydrogens (tertiary/aromatic N) is 2. The topological polar surface area (TPSA) is 68.7 Å². The van der Waals surface area contributed by atoms with Crippen LogP contribution in [0.3, 0.4) is 0 Å². The van der Waals surface area contributed by atoms with Crippen LogP contribution in [-0.2, 0) is 34.3 Å². The molecule has 6 heteroatoms. The van der Waals surface area contributed by atoms with E-state index in [1.165, 1.54) is 7.11 Å². The molecule has 5 rings (SSSR count). The van der Waals surface area contributed by atoms with E-state index in [0.29, 0.717) is 24.2 Å². The van der Waals surface area contributed by atoms with Crippen LogP contribution in [0.5, 0.6) is 5.75 Å². The summed E-state index contributed by atoms with van der Waals surface area (Å²) in [5, 5.41) is 0. The van der Waals surface area contributed by atoms with Crippen LogP contribution in [0.1, 0.15) is 53.4 Å². The van der Waals surface area contributed by atoms with E-state index in [9.17, 15) is 9.59 Å². The lowest BCUT2D eigenvalue weighted by Gasteiger charge is -2.46. The number of carbonyl (C=O) groups is 2. The molecular weight excluding hydrogens is 512 g/mol. The van der Waals surface area contributed by atoms with Gasteiger partial charge >= 0.3 is 5.97 Å². The molecule has 41 heavy (non-hydrogen) atoms. The van der Waals surface area contributed by atoms with Gasteiger partial charge in [0, 0.05) is 37.3 Å². The zero-order valence-electron chi connectivity index (χ0n) is 24.3. The predicted molar refractivity (Wildman–Crippen MR) is 160 cm³/mol. The van der Waals surface area contributed by atoms with Crippen molar-refractivity contribution in [1.29, 1.82) is 0 Å². The molecule has 1 atom stereocenters. The normalized spacial score (nSPS) is 16.6. The number of methoxy groups -OCH3 is 2. The molecule has 0 N–H and O–H groups in total. The number of pyridine rings is 1. The van der Waals surface area contributed by atoms with Gasteiger partial charge in [-0.2, -0.15) is 0 Å². The maximum Gasteiger partial charge on any atom is 0.332 e. The first-order chi connectivity index (χ1) is 19.7. The zero-order valence-corrected chi connectivity index (χ0v) is 24.3. The number of hydrogen-bond donors (Lipinski definition) is 0. The molecule has 1 amide bonds.